The molecule has 0 spiro atoms. The molecule has 0 aromatic heterocycles. The van der Waals surface area contributed by atoms with E-state index >= 15 is 0 Å². The van der Waals surface area contributed by atoms with Crippen LogP contribution in [0.25, 0.3) is 6.08 Å². The summed E-state index contributed by atoms with van der Waals surface area (Å²) < 4.78 is 0. The Kier molecular flexibility index (Phi) is 5.59. The smallest absolute Gasteiger partial charge is 0.0488 e. The normalized spacial score (nSPS) is 16.4. The molecule has 0 N–H and O–H groups in total. The summed E-state index contributed by atoms with van der Waals surface area (Å²) in [6.45, 7) is 5.14. The fourth-order valence-electron chi connectivity index (χ4n) is 2.70. The van der Waals surface area contributed by atoms with Gasteiger partial charge >= 0.3 is 0 Å². The van der Waals surface area contributed by atoms with Gasteiger partial charge in [-0.3, -0.25) is 9.91 Å². The molecular weight excluding hydrogens is 282 g/mol. The molecule has 118 valence electrons. The Hall–Kier alpha value is -2.39. The second-order valence-electron chi connectivity index (χ2n) is 5.75. The predicted molar refractivity (Wildman–Crippen MR) is 97.3 cm³/mol. The maximum absolute atomic E-state index is 4.53. The summed E-state index contributed by atoms with van der Waals surface area (Å²) >= 11 is 0. The standard InChI is InChI=1S/C20H23N3/c1-3-8-19(9-4-1)12-7-13-21-23-16-14-22(15-17-23)18-20-10-5-2-6-11-20/h1-13H,14-18H2/b12-7+,21-13-. The van der Waals surface area contributed by atoms with Crippen LogP contribution in [0.4, 0.5) is 0 Å². The second kappa shape index (κ2) is 8.30. The maximum Gasteiger partial charge on any atom is 0.0488 e. The van der Waals surface area contributed by atoms with Gasteiger partial charge in [-0.1, -0.05) is 66.7 Å². The van der Waals surface area contributed by atoms with Crippen molar-refractivity contribution in [1.29, 1.82) is 0 Å². The van der Waals surface area contributed by atoms with Crippen LogP contribution in [0.2, 0.25) is 0 Å². The van der Waals surface area contributed by atoms with Gasteiger partial charge in [-0.15, -0.1) is 0 Å². The molecule has 0 amide bonds. The lowest BCUT2D eigenvalue weighted by Gasteiger charge is -2.32. The van der Waals surface area contributed by atoms with Crippen LogP contribution < -0.4 is 0 Å². The first kappa shape index (κ1) is 15.5. The lowest BCUT2D eigenvalue weighted by molar-refractivity contribution is 0.131. The topological polar surface area (TPSA) is 18.8 Å². The van der Waals surface area contributed by atoms with Crippen LogP contribution in [0.1, 0.15) is 11.1 Å². The summed E-state index contributed by atoms with van der Waals surface area (Å²) in [7, 11) is 0. The third kappa shape index (κ3) is 5.08. The Morgan fingerprint density at radius 3 is 2.17 bits per heavy atom. The highest BCUT2D eigenvalue weighted by molar-refractivity contribution is 5.77. The Morgan fingerprint density at radius 1 is 0.826 bits per heavy atom. The van der Waals surface area contributed by atoms with Crippen molar-refractivity contribution in [1.82, 2.24) is 9.91 Å². The van der Waals surface area contributed by atoms with Gasteiger partial charge < -0.3 is 0 Å². The minimum atomic E-state index is 0.989. The zero-order valence-corrected chi connectivity index (χ0v) is 13.4. The lowest BCUT2D eigenvalue weighted by Crippen LogP contribution is -2.43. The number of piperazine rings is 1. The fourth-order valence-corrected chi connectivity index (χ4v) is 2.70. The molecular formula is C20H23N3. The van der Waals surface area contributed by atoms with Gasteiger partial charge in [0.15, 0.2) is 0 Å². The quantitative estimate of drug-likeness (QED) is 0.787. The molecule has 1 fully saturated rings. The number of hydrazone groups is 1. The van der Waals surface area contributed by atoms with Crippen molar-refractivity contribution in [2.75, 3.05) is 26.2 Å². The van der Waals surface area contributed by atoms with Gasteiger partial charge in [-0.25, -0.2) is 0 Å². The summed E-state index contributed by atoms with van der Waals surface area (Å²) in [6.07, 6.45) is 5.97. The van der Waals surface area contributed by atoms with E-state index in [1.54, 1.807) is 0 Å². The molecule has 3 rings (SSSR count). The van der Waals surface area contributed by atoms with E-state index in [1.807, 2.05) is 30.5 Å². The van der Waals surface area contributed by atoms with Crippen molar-refractivity contribution in [3.63, 3.8) is 0 Å². The monoisotopic (exact) mass is 305 g/mol. The van der Waals surface area contributed by atoms with E-state index in [2.05, 4.69) is 63.6 Å². The molecule has 0 radical (unpaired) electrons. The fraction of sp³-hybridized carbons (Fsp3) is 0.250. The molecule has 2 aromatic carbocycles. The molecule has 3 nitrogen and oxygen atoms in total. The maximum atomic E-state index is 4.53. The van der Waals surface area contributed by atoms with E-state index in [1.165, 1.54) is 11.1 Å². The predicted octanol–water partition coefficient (Wildman–Crippen LogP) is 3.50. The zero-order chi connectivity index (χ0) is 15.7. The van der Waals surface area contributed by atoms with Crippen LogP contribution >= 0.6 is 0 Å². The van der Waals surface area contributed by atoms with Crippen LogP contribution in [0, 0.1) is 0 Å². The zero-order valence-electron chi connectivity index (χ0n) is 13.4. The lowest BCUT2D eigenvalue weighted by atomic mass is 10.2. The van der Waals surface area contributed by atoms with Crippen LogP contribution in [0.5, 0.6) is 0 Å². The Bertz CT molecular complexity index is 626. The van der Waals surface area contributed by atoms with E-state index in [-0.39, 0.29) is 0 Å². The highest BCUT2D eigenvalue weighted by Gasteiger charge is 2.14. The molecule has 1 heterocycles. The second-order valence-corrected chi connectivity index (χ2v) is 5.75. The van der Waals surface area contributed by atoms with Gasteiger partial charge in [0.25, 0.3) is 0 Å². The van der Waals surface area contributed by atoms with Crippen LogP contribution in [0.15, 0.2) is 71.8 Å². The molecule has 1 aliphatic heterocycles. The van der Waals surface area contributed by atoms with Gasteiger partial charge in [0.1, 0.15) is 0 Å². The molecule has 0 saturated carbocycles. The highest BCUT2D eigenvalue weighted by Crippen LogP contribution is 2.08. The van der Waals surface area contributed by atoms with Crippen molar-refractivity contribution in [2.24, 2.45) is 5.10 Å². The van der Waals surface area contributed by atoms with Crippen molar-refractivity contribution in [3.05, 3.63) is 77.9 Å². The van der Waals surface area contributed by atoms with Crippen molar-refractivity contribution in [2.45, 2.75) is 6.54 Å². The molecule has 2 aromatic rings. The van der Waals surface area contributed by atoms with E-state index in [9.17, 15) is 0 Å². The third-order valence-electron chi connectivity index (χ3n) is 4.00. The van der Waals surface area contributed by atoms with Gasteiger partial charge in [-0.2, -0.15) is 5.10 Å². The minimum Gasteiger partial charge on any atom is -0.295 e. The van der Waals surface area contributed by atoms with Crippen molar-refractivity contribution < 1.29 is 0 Å². The van der Waals surface area contributed by atoms with Crippen LogP contribution in [-0.4, -0.2) is 42.3 Å². The van der Waals surface area contributed by atoms with Gasteiger partial charge in [0.05, 0.1) is 0 Å². The molecule has 0 bridgehead atoms. The number of hydrogen-bond donors (Lipinski definition) is 0. The molecule has 3 heteroatoms. The largest absolute Gasteiger partial charge is 0.295 e. The molecule has 1 aliphatic rings. The van der Waals surface area contributed by atoms with Gasteiger partial charge in [-0.05, 0) is 17.2 Å². The Morgan fingerprint density at radius 2 is 1.48 bits per heavy atom. The third-order valence-corrected chi connectivity index (χ3v) is 4.00. The molecule has 1 saturated heterocycles. The summed E-state index contributed by atoms with van der Waals surface area (Å²) in [5.41, 5.74) is 2.59. The molecule has 0 atom stereocenters. The summed E-state index contributed by atoms with van der Waals surface area (Å²) in [5, 5.41) is 6.68. The minimum absolute atomic E-state index is 0.989. The van der Waals surface area contributed by atoms with E-state index < -0.39 is 0 Å². The van der Waals surface area contributed by atoms with Crippen molar-refractivity contribution in [3.8, 4) is 0 Å². The number of benzene rings is 2. The SMILES string of the molecule is C(/C=C/c1ccccc1)=N/N1CCN(Cc2ccccc2)CC1. The van der Waals surface area contributed by atoms with E-state index in [4.69, 9.17) is 0 Å². The molecule has 0 unspecified atom stereocenters. The molecule has 0 aliphatic carbocycles. The average Bonchev–Trinajstić information content (AvgIpc) is 2.62. The average molecular weight is 305 g/mol. The Labute approximate surface area is 138 Å². The summed E-state index contributed by atoms with van der Waals surface area (Å²) in [4.78, 5) is 2.49. The van der Waals surface area contributed by atoms with Crippen LogP contribution in [0.3, 0.4) is 0 Å². The highest BCUT2D eigenvalue weighted by atomic mass is 15.5. The first-order chi connectivity index (χ1) is 11.4. The number of nitrogens with zero attached hydrogens (tertiary/aromatic N) is 3. The number of allylic oxidation sites excluding steroid dienone is 1. The summed E-state index contributed by atoms with van der Waals surface area (Å²) in [6, 6.07) is 21.0. The van der Waals surface area contributed by atoms with E-state index in [0.29, 0.717) is 0 Å². The first-order valence-corrected chi connectivity index (χ1v) is 8.17. The first-order valence-electron chi connectivity index (χ1n) is 8.17. The number of hydrogen-bond acceptors (Lipinski definition) is 3. The summed E-state index contributed by atoms with van der Waals surface area (Å²) in [5.74, 6) is 0. The van der Waals surface area contributed by atoms with Gasteiger partial charge in [0, 0.05) is 38.9 Å². The van der Waals surface area contributed by atoms with Crippen LogP contribution in [-0.2, 0) is 6.54 Å². The molecule has 23 heavy (non-hydrogen) atoms. The van der Waals surface area contributed by atoms with Gasteiger partial charge in [0.2, 0.25) is 0 Å². The Balaban J connectivity index is 1.42. The number of rotatable bonds is 5. The van der Waals surface area contributed by atoms with Crippen molar-refractivity contribution >= 4 is 12.3 Å². The van der Waals surface area contributed by atoms with E-state index in [0.717, 1.165) is 32.7 Å².